The first-order chi connectivity index (χ1) is 14.9. The van der Waals surface area contributed by atoms with Gasteiger partial charge in [0.1, 0.15) is 11.2 Å². The number of halogens is 1. The van der Waals surface area contributed by atoms with Crippen LogP contribution < -0.4 is 10.2 Å². The lowest BCUT2D eigenvalue weighted by Crippen LogP contribution is -2.47. The van der Waals surface area contributed by atoms with Crippen LogP contribution in [0, 0.1) is 5.92 Å². The van der Waals surface area contributed by atoms with Gasteiger partial charge in [0.25, 0.3) is 0 Å². The number of carbonyl (C=O) groups excluding carboxylic acids is 2. The number of amides is 2. The van der Waals surface area contributed by atoms with E-state index in [2.05, 4.69) is 24.3 Å². The van der Waals surface area contributed by atoms with Crippen molar-refractivity contribution in [3.05, 3.63) is 76.4 Å². The van der Waals surface area contributed by atoms with E-state index in [0.717, 1.165) is 22.4 Å². The SMILES string of the molecule is CC(C)CN1C(=O)[C@]2(CC(=O)Nc3c2cnn3Cc2ccccc2Cl)c2ccccc21. The highest BCUT2D eigenvalue weighted by molar-refractivity contribution is 6.31. The van der Waals surface area contributed by atoms with Gasteiger partial charge >= 0.3 is 0 Å². The number of carbonyl (C=O) groups is 2. The standard InChI is InChI=1S/C24H23ClN4O2/c1-15(2)13-28-20-10-6-4-8-17(20)24(23(28)31)11-21(30)27-22-18(24)12-26-29(22)14-16-7-3-5-9-19(16)25/h3-10,12,15H,11,13-14H2,1-2H3,(H,27,30)/t24-/m1/s1. The fourth-order valence-corrected chi connectivity index (χ4v) is 4.95. The van der Waals surface area contributed by atoms with Gasteiger partial charge in [0.2, 0.25) is 11.8 Å². The van der Waals surface area contributed by atoms with E-state index >= 15 is 0 Å². The van der Waals surface area contributed by atoms with Gasteiger partial charge in [-0.25, -0.2) is 4.68 Å². The lowest BCUT2D eigenvalue weighted by Gasteiger charge is -2.32. The van der Waals surface area contributed by atoms with Crippen LogP contribution in [0.3, 0.4) is 0 Å². The third kappa shape index (κ3) is 2.97. The van der Waals surface area contributed by atoms with Gasteiger partial charge in [0.15, 0.2) is 0 Å². The number of fused-ring (bicyclic) bond motifs is 4. The Hall–Kier alpha value is -3.12. The van der Waals surface area contributed by atoms with E-state index in [-0.39, 0.29) is 18.2 Å². The Morgan fingerprint density at radius 3 is 2.61 bits per heavy atom. The normalized spacial score (nSPS) is 19.7. The van der Waals surface area contributed by atoms with E-state index in [9.17, 15) is 9.59 Å². The smallest absolute Gasteiger partial charge is 0.242 e. The molecule has 1 N–H and O–H groups in total. The van der Waals surface area contributed by atoms with Crippen molar-refractivity contribution in [2.24, 2.45) is 5.92 Å². The molecule has 158 valence electrons. The van der Waals surface area contributed by atoms with Crippen LogP contribution in [0.4, 0.5) is 11.5 Å². The van der Waals surface area contributed by atoms with Crippen LogP contribution in [0.2, 0.25) is 5.02 Å². The second-order valence-electron chi connectivity index (χ2n) is 8.61. The van der Waals surface area contributed by atoms with Gasteiger partial charge in [0, 0.05) is 29.2 Å². The molecule has 2 aromatic carbocycles. The number of hydrogen-bond acceptors (Lipinski definition) is 3. The monoisotopic (exact) mass is 434 g/mol. The molecule has 2 aliphatic rings. The molecule has 0 saturated carbocycles. The minimum Gasteiger partial charge on any atom is -0.311 e. The molecule has 31 heavy (non-hydrogen) atoms. The van der Waals surface area contributed by atoms with Gasteiger partial charge in [0.05, 0.1) is 12.7 Å². The van der Waals surface area contributed by atoms with Crippen molar-refractivity contribution in [2.75, 3.05) is 16.8 Å². The van der Waals surface area contributed by atoms with Crippen LogP contribution in [0.25, 0.3) is 0 Å². The summed E-state index contributed by atoms with van der Waals surface area (Å²) >= 11 is 6.34. The van der Waals surface area contributed by atoms with Crippen LogP contribution in [0.5, 0.6) is 0 Å². The molecular weight excluding hydrogens is 412 g/mol. The number of nitrogens with zero attached hydrogens (tertiary/aromatic N) is 3. The maximum Gasteiger partial charge on any atom is 0.242 e. The van der Waals surface area contributed by atoms with Gasteiger partial charge in [-0.1, -0.05) is 61.8 Å². The first kappa shape index (κ1) is 19.8. The summed E-state index contributed by atoms with van der Waals surface area (Å²) in [7, 11) is 0. The summed E-state index contributed by atoms with van der Waals surface area (Å²) in [4.78, 5) is 28.6. The van der Waals surface area contributed by atoms with Crippen molar-refractivity contribution in [2.45, 2.75) is 32.2 Å². The van der Waals surface area contributed by atoms with E-state index in [1.54, 1.807) is 10.9 Å². The zero-order chi connectivity index (χ0) is 21.8. The average molecular weight is 435 g/mol. The maximum absolute atomic E-state index is 13.9. The molecule has 1 atom stereocenters. The molecule has 0 aliphatic carbocycles. The molecule has 3 aromatic rings. The summed E-state index contributed by atoms with van der Waals surface area (Å²) in [6.45, 7) is 5.17. The van der Waals surface area contributed by atoms with Crippen LogP contribution >= 0.6 is 11.6 Å². The maximum atomic E-state index is 13.9. The van der Waals surface area contributed by atoms with E-state index in [0.29, 0.717) is 29.8 Å². The highest BCUT2D eigenvalue weighted by Gasteiger charge is 2.57. The molecule has 2 amide bonds. The zero-order valence-corrected chi connectivity index (χ0v) is 18.2. The summed E-state index contributed by atoms with van der Waals surface area (Å²) in [6.07, 6.45) is 1.79. The predicted octanol–water partition coefficient (Wildman–Crippen LogP) is 4.22. The van der Waals surface area contributed by atoms with Crippen LogP contribution in [-0.4, -0.2) is 28.1 Å². The molecule has 0 fully saturated rings. The highest BCUT2D eigenvalue weighted by atomic mass is 35.5. The van der Waals surface area contributed by atoms with Crippen molar-refractivity contribution in [3.8, 4) is 0 Å². The molecule has 5 rings (SSSR count). The largest absolute Gasteiger partial charge is 0.311 e. The van der Waals surface area contributed by atoms with E-state index in [1.165, 1.54) is 0 Å². The summed E-state index contributed by atoms with van der Waals surface area (Å²) in [5.74, 6) is 0.608. The molecular formula is C24H23ClN4O2. The average Bonchev–Trinajstić information content (AvgIpc) is 3.23. The summed E-state index contributed by atoms with van der Waals surface area (Å²) in [5.41, 5.74) is 2.32. The molecule has 0 unspecified atom stereocenters. The molecule has 2 aliphatic heterocycles. The third-order valence-corrected chi connectivity index (χ3v) is 6.44. The van der Waals surface area contributed by atoms with Crippen molar-refractivity contribution in [1.82, 2.24) is 9.78 Å². The topological polar surface area (TPSA) is 67.2 Å². The second kappa shape index (κ2) is 7.24. The Bertz CT molecular complexity index is 1200. The number of nitrogens with one attached hydrogen (secondary N) is 1. The summed E-state index contributed by atoms with van der Waals surface area (Å²) in [6, 6.07) is 15.3. The van der Waals surface area contributed by atoms with Crippen molar-refractivity contribution < 1.29 is 9.59 Å². The summed E-state index contributed by atoms with van der Waals surface area (Å²) < 4.78 is 1.72. The fraction of sp³-hybridized carbons (Fsp3) is 0.292. The van der Waals surface area contributed by atoms with E-state index in [4.69, 9.17) is 11.6 Å². The van der Waals surface area contributed by atoms with Gasteiger partial charge in [-0.3, -0.25) is 9.59 Å². The van der Waals surface area contributed by atoms with Crippen molar-refractivity contribution in [1.29, 1.82) is 0 Å². The molecule has 1 aromatic heterocycles. The van der Waals surface area contributed by atoms with Crippen LogP contribution in [-0.2, 0) is 21.5 Å². The first-order valence-electron chi connectivity index (χ1n) is 10.4. The van der Waals surface area contributed by atoms with Crippen molar-refractivity contribution in [3.63, 3.8) is 0 Å². The van der Waals surface area contributed by atoms with Gasteiger partial charge in [-0.2, -0.15) is 5.10 Å². The Balaban J connectivity index is 1.66. The Morgan fingerprint density at radius 2 is 1.84 bits per heavy atom. The lowest BCUT2D eigenvalue weighted by molar-refractivity contribution is -0.126. The number of hydrogen-bond donors (Lipinski definition) is 1. The molecule has 0 bridgehead atoms. The summed E-state index contributed by atoms with van der Waals surface area (Å²) in [5, 5.41) is 8.14. The Morgan fingerprint density at radius 1 is 1.10 bits per heavy atom. The van der Waals surface area contributed by atoms with Gasteiger partial charge < -0.3 is 10.2 Å². The molecule has 6 nitrogen and oxygen atoms in total. The minimum atomic E-state index is -1.05. The number of benzene rings is 2. The highest BCUT2D eigenvalue weighted by Crippen LogP contribution is 2.52. The predicted molar refractivity (Wildman–Crippen MR) is 120 cm³/mol. The van der Waals surface area contributed by atoms with Crippen LogP contribution in [0.1, 0.15) is 37.0 Å². The van der Waals surface area contributed by atoms with Gasteiger partial charge in [-0.05, 0) is 29.2 Å². The Labute approximate surface area is 185 Å². The first-order valence-corrected chi connectivity index (χ1v) is 10.8. The number of rotatable bonds is 4. The molecule has 3 heterocycles. The van der Waals surface area contributed by atoms with Crippen molar-refractivity contribution >= 4 is 34.9 Å². The molecule has 0 radical (unpaired) electrons. The Kier molecular flexibility index (Phi) is 4.63. The number of anilines is 2. The quantitative estimate of drug-likeness (QED) is 0.668. The van der Waals surface area contributed by atoms with E-state index < -0.39 is 5.41 Å². The molecule has 7 heteroatoms. The number of aromatic nitrogens is 2. The van der Waals surface area contributed by atoms with E-state index in [1.807, 2.05) is 53.4 Å². The van der Waals surface area contributed by atoms with Crippen LogP contribution in [0.15, 0.2) is 54.7 Å². The fourth-order valence-electron chi connectivity index (χ4n) is 4.75. The lowest BCUT2D eigenvalue weighted by atomic mass is 9.72. The third-order valence-electron chi connectivity index (χ3n) is 6.07. The second-order valence-corrected chi connectivity index (χ2v) is 9.02. The molecule has 0 saturated heterocycles. The number of para-hydroxylation sites is 1. The molecule has 1 spiro atoms. The minimum absolute atomic E-state index is 0.0595. The van der Waals surface area contributed by atoms with Gasteiger partial charge in [-0.15, -0.1) is 0 Å². The zero-order valence-electron chi connectivity index (χ0n) is 17.4.